The van der Waals surface area contributed by atoms with E-state index >= 15 is 0 Å². The Balaban J connectivity index is 1.60. The van der Waals surface area contributed by atoms with Crippen LogP contribution < -0.4 is 5.32 Å². The molecule has 3 rings (SSSR count). The van der Waals surface area contributed by atoms with Crippen molar-refractivity contribution >= 4 is 17.8 Å². The minimum atomic E-state index is -0.833. The largest absolute Gasteiger partial charge is 0.342 e. The van der Waals surface area contributed by atoms with Gasteiger partial charge in [-0.3, -0.25) is 19.4 Å². The Labute approximate surface area is 143 Å². The summed E-state index contributed by atoms with van der Waals surface area (Å²) < 4.78 is 0. The van der Waals surface area contributed by atoms with Crippen molar-refractivity contribution in [1.29, 1.82) is 0 Å². The second-order valence-corrected chi connectivity index (χ2v) is 7.54. The molecule has 0 aliphatic carbocycles. The van der Waals surface area contributed by atoms with Crippen LogP contribution in [0.25, 0.3) is 0 Å². The molecule has 3 saturated heterocycles. The third-order valence-corrected chi connectivity index (χ3v) is 5.38. The van der Waals surface area contributed by atoms with Crippen molar-refractivity contribution < 1.29 is 14.4 Å². The summed E-state index contributed by atoms with van der Waals surface area (Å²) in [6.07, 6.45) is 5.12. The van der Waals surface area contributed by atoms with Crippen molar-refractivity contribution in [3.05, 3.63) is 0 Å². The van der Waals surface area contributed by atoms with Crippen LogP contribution in [0.4, 0.5) is 4.79 Å². The van der Waals surface area contributed by atoms with Gasteiger partial charge in [-0.2, -0.15) is 0 Å². The van der Waals surface area contributed by atoms with E-state index in [9.17, 15) is 14.4 Å². The second-order valence-electron chi connectivity index (χ2n) is 7.54. The van der Waals surface area contributed by atoms with E-state index in [4.69, 9.17) is 0 Å². The average Bonchev–Trinajstić information content (AvgIpc) is 2.88. The maximum Gasteiger partial charge on any atom is 0.325 e. The highest BCUT2D eigenvalue weighted by atomic mass is 16.2. The van der Waals surface area contributed by atoms with Gasteiger partial charge in [-0.15, -0.1) is 0 Å². The van der Waals surface area contributed by atoms with Crippen LogP contribution in [0.5, 0.6) is 0 Å². The van der Waals surface area contributed by atoms with Crippen molar-refractivity contribution in [3.8, 4) is 0 Å². The fraction of sp³-hybridized carbons (Fsp3) is 0.824. The topological polar surface area (TPSA) is 73.0 Å². The van der Waals surface area contributed by atoms with Crippen molar-refractivity contribution in [3.63, 3.8) is 0 Å². The van der Waals surface area contributed by atoms with E-state index in [1.54, 1.807) is 0 Å². The van der Waals surface area contributed by atoms with Crippen molar-refractivity contribution in [1.82, 2.24) is 20.0 Å². The number of nitrogens with zero attached hydrogens (tertiary/aromatic N) is 3. The molecule has 1 N–H and O–H groups in total. The molecule has 0 aromatic carbocycles. The molecule has 3 aliphatic rings. The predicted octanol–water partition coefficient (Wildman–Crippen LogP) is 0.794. The molecular weight excluding hydrogens is 308 g/mol. The summed E-state index contributed by atoms with van der Waals surface area (Å²) in [5.41, 5.74) is -0.833. The zero-order chi connectivity index (χ0) is 17.3. The fourth-order valence-corrected chi connectivity index (χ4v) is 4.02. The van der Waals surface area contributed by atoms with Gasteiger partial charge < -0.3 is 10.2 Å². The number of urea groups is 1. The van der Waals surface area contributed by atoms with Crippen molar-refractivity contribution in [2.75, 3.05) is 32.7 Å². The molecule has 3 fully saturated rings. The minimum absolute atomic E-state index is 0.145. The Kier molecular flexibility index (Phi) is 4.80. The number of likely N-dealkylation sites (tertiary alicyclic amines) is 2. The van der Waals surface area contributed by atoms with Crippen molar-refractivity contribution in [2.45, 2.75) is 57.5 Å². The zero-order valence-electron chi connectivity index (χ0n) is 14.7. The SMILES string of the molecule is CC(C)N1C(=O)N[C@@]2(CCN(CC(=O)N3CCCCCC3)C2)C1=O. The molecule has 3 aliphatic heterocycles. The molecule has 0 radical (unpaired) electrons. The number of imide groups is 1. The molecule has 1 atom stereocenters. The molecular formula is C17H28N4O3. The lowest BCUT2D eigenvalue weighted by Crippen LogP contribution is -2.50. The monoisotopic (exact) mass is 336 g/mol. The Morgan fingerprint density at radius 1 is 1.12 bits per heavy atom. The van der Waals surface area contributed by atoms with E-state index < -0.39 is 5.54 Å². The van der Waals surface area contributed by atoms with Gasteiger partial charge in [0.05, 0.1) is 6.54 Å². The number of hydrogen-bond donors (Lipinski definition) is 1. The molecule has 0 unspecified atom stereocenters. The third kappa shape index (κ3) is 3.14. The van der Waals surface area contributed by atoms with Gasteiger partial charge in [0.15, 0.2) is 0 Å². The Hall–Kier alpha value is -1.63. The van der Waals surface area contributed by atoms with Crippen LogP contribution in [0, 0.1) is 0 Å². The maximum atomic E-state index is 12.7. The first-order valence-corrected chi connectivity index (χ1v) is 9.09. The standard InChI is InChI=1S/C17H28N4O3/c1-13(2)21-15(23)17(18-16(21)24)7-10-19(12-17)11-14(22)20-8-5-3-4-6-9-20/h13H,3-12H2,1-2H3,(H,18,24)/t17-/m1/s1. The highest BCUT2D eigenvalue weighted by molar-refractivity contribution is 6.07. The van der Waals surface area contributed by atoms with Gasteiger partial charge in [0.1, 0.15) is 5.54 Å². The molecule has 7 nitrogen and oxygen atoms in total. The van der Waals surface area contributed by atoms with Gasteiger partial charge >= 0.3 is 6.03 Å². The zero-order valence-corrected chi connectivity index (χ0v) is 14.7. The van der Waals surface area contributed by atoms with Crippen LogP contribution in [-0.4, -0.2) is 76.8 Å². The number of amides is 4. The van der Waals surface area contributed by atoms with Crippen LogP contribution in [-0.2, 0) is 9.59 Å². The quantitative estimate of drug-likeness (QED) is 0.774. The molecule has 134 valence electrons. The smallest absolute Gasteiger partial charge is 0.325 e. The summed E-state index contributed by atoms with van der Waals surface area (Å²) in [4.78, 5) is 42.6. The maximum absolute atomic E-state index is 12.7. The van der Waals surface area contributed by atoms with Gasteiger partial charge in [0.2, 0.25) is 5.91 Å². The summed E-state index contributed by atoms with van der Waals surface area (Å²) in [6.45, 7) is 6.80. The molecule has 7 heteroatoms. The van der Waals surface area contributed by atoms with Crippen LogP contribution >= 0.6 is 0 Å². The Bertz CT molecular complexity index is 528. The molecule has 0 aromatic rings. The summed E-state index contributed by atoms with van der Waals surface area (Å²) in [7, 11) is 0. The first-order valence-electron chi connectivity index (χ1n) is 9.09. The molecule has 3 heterocycles. The second kappa shape index (κ2) is 6.70. The first-order chi connectivity index (χ1) is 11.4. The summed E-state index contributed by atoms with van der Waals surface area (Å²) >= 11 is 0. The van der Waals surface area contributed by atoms with Gasteiger partial charge in [0, 0.05) is 32.2 Å². The molecule has 0 bridgehead atoms. The van der Waals surface area contributed by atoms with E-state index in [1.165, 1.54) is 17.7 Å². The van der Waals surface area contributed by atoms with E-state index in [-0.39, 0.29) is 23.9 Å². The number of nitrogens with one attached hydrogen (secondary N) is 1. The predicted molar refractivity (Wildman–Crippen MR) is 89.3 cm³/mol. The van der Waals surface area contributed by atoms with Gasteiger partial charge in [-0.25, -0.2) is 4.79 Å². The molecule has 0 aromatic heterocycles. The van der Waals surface area contributed by atoms with E-state index in [0.29, 0.717) is 26.1 Å². The van der Waals surface area contributed by atoms with Gasteiger partial charge in [-0.1, -0.05) is 12.8 Å². The number of hydrogen-bond acceptors (Lipinski definition) is 4. The summed E-state index contributed by atoms with van der Waals surface area (Å²) in [5, 5.41) is 2.87. The van der Waals surface area contributed by atoms with Gasteiger partial charge in [-0.05, 0) is 33.1 Å². The van der Waals surface area contributed by atoms with E-state index in [0.717, 1.165) is 25.9 Å². The van der Waals surface area contributed by atoms with E-state index in [1.807, 2.05) is 23.6 Å². The lowest BCUT2D eigenvalue weighted by molar-refractivity contribution is -0.134. The molecule has 1 spiro atoms. The number of carbonyl (C=O) groups is 3. The lowest BCUT2D eigenvalue weighted by atomic mass is 9.98. The summed E-state index contributed by atoms with van der Waals surface area (Å²) in [5.74, 6) is -0.00124. The first kappa shape index (κ1) is 17.2. The molecule has 4 amide bonds. The highest BCUT2D eigenvalue weighted by Crippen LogP contribution is 2.29. The van der Waals surface area contributed by atoms with Gasteiger partial charge in [0.25, 0.3) is 5.91 Å². The fourth-order valence-electron chi connectivity index (χ4n) is 4.02. The van der Waals surface area contributed by atoms with Crippen molar-refractivity contribution in [2.24, 2.45) is 0 Å². The summed E-state index contributed by atoms with van der Waals surface area (Å²) in [6, 6.07) is -0.458. The average molecular weight is 336 g/mol. The van der Waals surface area contributed by atoms with Crippen LogP contribution in [0.2, 0.25) is 0 Å². The minimum Gasteiger partial charge on any atom is -0.342 e. The highest BCUT2D eigenvalue weighted by Gasteiger charge is 2.55. The van der Waals surface area contributed by atoms with Crippen LogP contribution in [0.1, 0.15) is 46.0 Å². The van der Waals surface area contributed by atoms with Crippen LogP contribution in [0.3, 0.4) is 0 Å². The molecule has 24 heavy (non-hydrogen) atoms. The molecule has 0 saturated carbocycles. The Morgan fingerprint density at radius 2 is 1.79 bits per heavy atom. The third-order valence-electron chi connectivity index (χ3n) is 5.38. The van der Waals surface area contributed by atoms with E-state index in [2.05, 4.69) is 5.32 Å². The number of rotatable bonds is 3. The Morgan fingerprint density at radius 3 is 2.38 bits per heavy atom. The normalized spacial score (nSPS) is 28.8. The lowest BCUT2D eigenvalue weighted by Gasteiger charge is -2.25. The van der Waals surface area contributed by atoms with Crippen LogP contribution in [0.15, 0.2) is 0 Å². The number of carbonyl (C=O) groups excluding carboxylic acids is 3.